The van der Waals surface area contributed by atoms with Crippen LogP contribution in [0.1, 0.15) is 37.4 Å². The summed E-state index contributed by atoms with van der Waals surface area (Å²) >= 11 is 0. The van der Waals surface area contributed by atoms with Crippen LogP contribution in [0, 0.1) is 20.8 Å². The summed E-state index contributed by atoms with van der Waals surface area (Å²) in [4.78, 5) is 29.0. The van der Waals surface area contributed by atoms with Gasteiger partial charge in [-0.05, 0) is 62.2 Å². The van der Waals surface area contributed by atoms with Crippen molar-refractivity contribution in [2.75, 3.05) is 10.6 Å². The van der Waals surface area contributed by atoms with Gasteiger partial charge in [0.05, 0.1) is 11.1 Å². The molecule has 0 bridgehead atoms. The lowest BCUT2D eigenvalue weighted by Gasteiger charge is -2.09. The zero-order valence-electron chi connectivity index (χ0n) is 15.5. The lowest BCUT2D eigenvalue weighted by molar-refractivity contribution is 0.102. The number of nitrogens with one attached hydrogen (secondary N) is 2. The molecular weight excluding hydrogens is 338 g/mol. The highest BCUT2D eigenvalue weighted by atomic mass is 16.2. The Morgan fingerprint density at radius 3 is 1.74 bits per heavy atom. The molecule has 0 saturated carbocycles. The van der Waals surface area contributed by atoms with Crippen LogP contribution in [0.5, 0.6) is 0 Å². The van der Waals surface area contributed by atoms with Crippen molar-refractivity contribution in [3.05, 3.63) is 88.7 Å². The third-order valence-electron chi connectivity index (χ3n) is 4.05. The van der Waals surface area contributed by atoms with E-state index >= 15 is 0 Å². The molecule has 0 aliphatic carbocycles. The number of carbonyl (C=O) groups excluding carboxylic acids is 2. The van der Waals surface area contributed by atoms with Gasteiger partial charge in [0.2, 0.25) is 0 Å². The number of nitrogens with zero attached hydrogens (tertiary/aromatic N) is 1. The first kappa shape index (κ1) is 18.3. The van der Waals surface area contributed by atoms with Gasteiger partial charge >= 0.3 is 0 Å². The quantitative estimate of drug-likeness (QED) is 0.720. The van der Waals surface area contributed by atoms with Gasteiger partial charge in [-0.15, -0.1) is 0 Å². The second-order valence-corrected chi connectivity index (χ2v) is 6.61. The smallest absolute Gasteiger partial charge is 0.257 e. The largest absolute Gasteiger partial charge is 0.322 e. The van der Waals surface area contributed by atoms with Gasteiger partial charge in [0.15, 0.2) is 0 Å². The second kappa shape index (κ2) is 7.83. The van der Waals surface area contributed by atoms with Gasteiger partial charge in [-0.2, -0.15) is 0 Å². The number of anilines is 2. The van der Waals surface area contributed by atoms with E-state index in [1.807, 2.05) is 63.2 Å². The van der Waals surface area contributed by atoms with Crippen LogP contribution in [-0.2, 0) is 0 Å². The van der Waals surface area contributed by atoms with E-state index in [9.17, 15) is 9.59 Å². The van der Waals surface area contributed by atoms with E-state index in [2.05, 4.69) is 15.6 Å². The minimum atomic E-state index is -0.313. The summed E-state index contributed by atoms with van der Waals surface area (Å²) in [5.41, 5.74) is 5.29. The Hall–Kier alpha value is -3.47. The Balaban J connectivity index is 1.75. The summed E-state index contributed by atoms with van der Waals surface area (Å²) < 4.78 is 0. The normalized spacial score (nSPS) is 10.3. The number of benzene rings is 2. The van der Waals surface area contributed by atoms with Crippen molar-refractivity contribution in [3.63, 3.8) is 0 Å². The fourth-order valence-corrected chi connectivity index (χ4v) is 2.78. The predicted molar refractivity (Wildman–Crippen MR) is 107 cm³/mol. The number of hydrogen-bond donors (Lipinski definition) is 2. The van der Waals surface area contributed by atoms with Crippen molar-refractivity contribution in [1.82, 2.24) is 4.98 Å². The van der Waals surface area contributed by atoms with Crippen LogP contribution in [0.3, 0.4) is 0 Å². The van der Waals surface area contributed by atoms with Gasteiger partial charge in [0.1, 0.15) is 0 Å². The van der Waals surface area contributed by atoms with Gasteiger partial charge in [-0.25, -0.2) is 0 Å². The summed E-state index contributed by atoms with van der Waals surface area (Å²) in [6.07, 6.45) is 2.89. The Morgan fingerprint density at radius 2 is 1.19 bits per heavy atom. The minimum Gasteiger partial charge on any atom is -0.322 e. The average Bonchev–Trinajstić information content (AvgIpc) is 2.63. The Bertz CT molecular complexity index is 974. The summed E-state index contributed by atoms with van der Waals surface area (Å²) in [5.74, 6) is -0.620. The molecule has 0 atom stereocenters. The fourth-order valence-electron chi connectivity index (χ4n) is 2.78. The third-order valence-corrected chi connectivity index (χ3v) is 4.05. The molecule has 5 heteroatoms. The van der Waals surface area contributed by atoms with Crippen molar-refractivity contribution in [1.29, 1.82) is 0 Å². The van der Waals surface area contributed by atoms with Crippen molar-refractivity contribution in [2.45, 2.75) is 20.8 Å². The second-order valence-electron chi connectivity index (χ2n) is 6.61. The zero-order chi connectivity index (χ0) is 19.4. The molecule has 2 aromatic carbocycles. The van der Waals surface area contributed by atoms with Gasteiger partial charge < -0.3 is 10.6 Å². The highest BCUT2D eigenvalue weighted by molar-refractivity contribution is 6.08. The highest BCUT2D eigenvalue weighted by Crippen LogP contribution is 2.16. The fraction of sp³-hybridized carbons (Fsp3) is 0.136. The summed E-state index contributed by atoms with van der Waals surface area (Å²) in [5, 5.41) is 5.66. The topological polar surface area (TPSA) is 71.1 Å². The minimum absolute atomic E-state index is 0.308. The van der Waals surface area contributed by atoms with E-state index in [4.69, 9.17) is 0 Å². The number of hydrogen-bond acceptors (Lipinski definition) is 3. The molecule has 1 aromatic heterocycles. The first-order chi connectivity index (χ1) is 12.9. The van der Waals surface area contributed by atoms with E-state index in [1.165, 1.54) is 18.5 Å². The standard InChI is InChI=1S/C22H21N3O2/c1-14-4-6-19(7-5-14)24-21(26)17-11-18(13-23-12-17)22(27)25-20-9-15(2)8-16(3)10-20/h4-13H,1-3H3,(H,24,26)(H,25,27). The van der Waals surface area contributed by atoms with Crippen LogP contribution in [0.2, 0.25) is 0 Å². The molecule has 3 rings (SSSR count). The number of carbonyl (C=O) groups is 2. The molecule has 5 nitrogen and oxygen atoms in total. The molecule has 1 heterocycles. The van der Waals surface area contributed by atoms with Crippen molar-refractivity contribution in [3.8, 4) is 0 Å². The molecule has 0 fully saturated rings. The maximum Gasteiger partial charge on any atom is 0.257 e. The zero-order valence-corrected chi connectivity index (χ0v) is 15.5. The van der Waals surface area contributed by atoms with Gasteiger partial charge in [0, 0.05) is 23.8 Å². The van der Waals surface area contributed by atoms with Crippen LogP contribution < -0.4 is 10.6 Å². The van der Waals surface area contributed by atoms with Gasteiger partial charge in [-0.1, -0.05) is 23.8 Å². The molecule has 0 saturated heterocycles. The van der Waals surface area contributed by atoms with Crippen molar-refractivity contribution < 1.29 is 9.59 Å². The molecule has 136 valence electrons. The first-order valence-corrected chi connectivity index (χ1v) is 8.63. The number of rotatable bonds is 4. The average molecular weight is 359 g/mol. The molecule has 2 N–H and O–H groups in total. The summed E-state index contributed by atoms with van der Waals surface area (Å²) in [7, 11) is 0. The van der Waals surface area contributed by atoms with Crippen LogP contribution in [0.4, 0.5) is 11.4 Å². The van der Waals surface area contributed by atoms with Gasteiger partial charge in [0.25, 0.3) is 11.8 Å². The van der Waals surface area contributed by atoms with Crippen LogP contribution in [0.25, 0.3) is 0 Å². The van der Waals surface area contributed by atoms with E-state index in [0.29, 0.717) is 22.5 Å². The molecule has 27 heavy (non-hydrogen) atoms. The van der Waals surface area contributed by atoms with Crippen molar-refractivity contribution >= 4 is 23.2 Å². The van der Waals surface area contributed by atoms with Gasteiger partial charge in [-0.3, -0.25) is 14.6 Å². The molecule has 0 radical (unpaired) electrons. The van der Waals surface area contributed by atoms with Crippen LogP contribution >= 0.6 is 0 Å². The first-order valence-electron chi connectivity index (χ1n) is 8.63. The number of aromatic nitrogens is 1. The lowest BCUT2D eigenvalue weighted by Crippen LogP contribution is -2.16. The number of aryl methyl sites for hydroxylation is 3. The number of amides is 2. The highest BCUT2D eigenvalue weighted by Gasteiger charge is 2.12. The molecule has 0 aliphatic rings. The van der Waals surface area contributed by atoms with E-state index in [0.717, 1.165) is 16.7 Å². The SMILES string of the molecule is Cc1ccc(NC(=O)c2cncc(C(=O)Nc3cc(C)cc(C)c3)c2)cc1. The Kier molecular flexibility index (Phi) is 5.31. The predicted octanol–water partition coefficient (Wildman–Crippen LogP) is 4.51. The van der Waals surface area contributed by atoms with E-state index in [1.54, 1.807) is 0 Å². The van der Waals surface area contributed by atoms with E-state index in [-0.39, 0.29) is 11.8 Å². The molecule has 0 spiro atoms. The lowest BCUT2D eigenvalue weighted by atomic mass is 10.1. The molecule has 0 unspecified atom stereocenters. The summed E-state index contributed by atoms with van der Waals surface area (Å²) in [6.45, 7) is 5.92. The molecule has 0 aliphatic heterocycles. The van der Waals surface area contributed by atoms with Crippen molar-refractivity contribution in [2.24, 2.45) is 0 Å². The monoisotopic (exact) mass is 359 g/mol. The molecular formula is C22H21N3O2. The Morgan fingerprint density at radius 1 is 0.667 bits per heavy atom. The van der Waals surface area contributed by atoms with Crippen LogP contribution in [0.15, 0.2) is 60.9 Å². The maximum absolute atomic E-state index is 12.5. The van der Waals surface area contributed by atoms with E-state index < -0.39 is 0 Å². The molecule has 3 aromatic rings. The Labute approximate surface area is 158 Å². The van der Waals surface area contributed by atoms with Crippen LogP contribution in [-0.4, -0.2) is 16.8 Å². The maximum atomic E-state index is 12.5. The summed E-state index contributed by atoms with van der Waals surface area (Å²) in [6, 6.07) is 14.9. The molecule has 2 amide bonds. The number of pyridine rings is 1. The third kappa shape index (κ3) is 4.79.